The van der Waals surface area contributed by atoms with Crippen LogP contribution >= 0.6 is 23.9 Å². The molecule has 16 heteroatoms. The average Bonchev–Trinajstić information content (AvgIpc) is 3.10. The van der Waals surface area contributed by atoms with Crippen LogP contribution in [0, 0.1) is 0 Å². The van der Waals surface area contributed by atoms with Crippen LogP contribution in [-0.4, -0.2) is 27.3 Å². The fraction of sp³-hybridized carbons (Fsp3) is 0.136. The lowest BCUT2D eigenvalue weighted by Crippen LogP contribution is -2.33. The Morgan fingerprint density at radius 1 is 0.921 bits per heavy atom. The van der Waals surface area contributed by atoms with Crippen LogP contribution in [0.25, 0.3) is 0 Å². The van der Waals surface area contributed by atoms with Crippen LogP contribution in [0.1, 0.15) is 34.0 Å². The highest BCUT2D eigenvalue weighted by Gasteiger charge is 2.54. The summed E-state index contributed by atoms with van der Waals surface area (Å²) in [6, 6.07) is 16.0. The third-order valence-electron chi connectivity index (χ3n) is 5.53. The van der Waals surface area contributed by atoms with Gasteiger partial charge in [-0.2, -0.15) is 4.31 Å². The van der Waals surface area contributed by atoms with Gasteiger partial charge in [0.05, 0.1) is 12.2 Å². The van der Waals surface area contributed by atoms with Gasteiger partial charge in [-0.25, -0.2) is 18.4 Å². The molecule has 2 aliphatic heterocycles. The molecule has 0 saturated heterocycles. The van der Waals surface area contributed by atoms with Gasteiger partial charge in [0.1, 0.15) is 17.2 Å². The van der Waals surface area contributed by atoms with Crippen LogP contribution in [-0.2, 0) is 32.7 Å². The first-order valence-corrected chi connectivity index (χ1v) is 14.9. The van der Waals surface area contributed by atoms with Gasteiger partial charge < -0.3 is 24.0 Å². The normalized spacial score (nSPS) is 19.4. The molecule has 3 unspecified atom stereocenters. The number of hydrogen-bond donors (Lipinski definition) is 3. The standard InChI is InChI=1S/C22H17O13P3/c1-2-30-13-7-9-17-19(11-13)31-20-12-14(33-36(24)34-38(28,29)35-37(25,26)27)8-10-18(20)22(17)16-6-4-3-5-15(16)21(23)32-22/h3-12H,2H2,1H3,(H2-,25,26,27,28,29)/p+1. The summed E-state index contributed by atoms with van der Waals surface area (Å²) < 4.78 is 65.1. The lowest BCUT2D eigenvalue weighted by molar-refractivity contribution is 0.0224. The molecule has 0 saturated carbocycles. The Kier molecular flexibility index (Phi) is 6.67. The Bertz CT molecular complexity index is 1570. The predicted octanol–water partition coefficient (Wildman–Crippen LogP) is 4.92. The second-order valence-corrected chi connectivity index (χ2v) is 11.8. The second-order valence-electron chi connectivity index (χ2n) is 7.90. The van der Waals surface area contributed by atoms with Gasteiger partial charge in [0, 0.05) is 37.7 Å². The van der Waals surface area contributed by atoms with Crippen LogP contribution < -0.4 is 14.0 Å². The monoisotopic (exact) mass is 583 g/mol. The van der Waals surface area contributed by atoms with E-state index in [0.29, 0.717) is 40.4 Å². The molecule has 3 aromatic carbocycles. The molecule has 198 valence electrons. The minimum absolute atomic E-state index is 0.134. The number of benzene rings is 3. The zero-order valence-electron chi connectivity index (χ0n) is 19.2. The summed E-state index contributed by atoms with van der Waals surface area (Å²) in [4.78, 5) is 39.7. The molecule has 0 fully saturated rings. The van der Waals surface area contributed by atoms with Gasteiger partial charge in [-0.1, -0.05) is 18.2 Å². The highest BCUT2D eigenvalue weighted by Crippen LogP contribution is 2.62. The van der Waals surface area contributed by atoms with Crippen molar-refractivity contribution in [1.29, 1.82) is 0 Å². The van der Waals surface area contributed by atoms with E-state index in [1.165, 1.54) is 18.2 Å². The topological polar surface area (TPSA) is 184 Å². The summed E-state index contributed by atoms with van der Waals surface area (Å²) in [5.74, 6) is 0.220. The zero-order valence-corrected chi connectivity index (χ0v) is 21.9. The molecule has 13 nitrogen and oxygen atoms in total. The third kappa shape index (κ3) is 4.87. The number of ether oxygens (including phenoxy) is 3. The molecule has 3 aromatic rings. The quantitative estimate of drug-likeness (QED) is 0.240. The van der Waals surface area contributed by atoms with Crippen molar-refractivity contribution >= 4 is 29.9 Å². The molecular weight excluding hydrogens is 565 g/mol. The SMILES string of the molecule is CCOc1ccc2c(c1)Oc1cc(O[P+](=O)OP(=O)(O)OP(=O)(O)O)ccc1C21OC(=O)c2ccccc21. The summed E-state index contributed by atoms with van der Waals surface area (Å²) >= 11 is 0. The molecule has 2 aliphatic rings. The lowest BCUT2D eigenvalue weighted by Gasteiger charge is -2.36. The molecule has 0 bridgehead atoms. The van der Waals surface area contributed by atoms with E-state index >= 15 is 0 Å². The van der Waals surface area contributed by atoms with Gasteiger partial charge in [-0.3, -0.25) is 4.89 Å². The van der Waals surface area contributed by atoms with Crippen molar-refractivity contribution in [2.45, 2.75) is 12.5 Å². The molecule has 0 radical (unpaired) electrons. The molecule has 38 heavy (non-hydrogen) atoms. The average molecular weight is 583 g/mol. The van der Waals surface area contributed by atoms with E-state index in [1.807, 2.05) is 6.92 Å². The Balaban J connectivity index is 1.55. The molecule has 3 atom stereocenters. The minimum Gasteiger partial charge on any atom is -0.494 e. The highest BCUT2D eigenvalue weighted by molar-refractivity contribution is 7.64. The van der Waals surface area contributed by atoms with E-state index in [4.69, 9.17) is 28.5 Å². The van der Waals surface area contributed by atoms with Crippen LogP contribution in [0.15, 0.2) is 60.7 Å². The summed E-state index contributed by atoms with van der Waals surface area (Å²) in [6.45, 7) is 2.21. The van der Waals surface area contributed by atoms with Gasteiger partial charge in [0.2, 0.25) is 0 Å². The number of fused-ring (bicyclic) bond motifs is 6. The Morgan fingerprint density at radius 2 is 1.55 bits per heavy atom. The predicted molar refractivity (Wildman–Crippen MR) is 128 cm³/mol. The molecule has 1 spiro atoms. The van der Waals surface area contributed by atoms with E-state index in [2.05, 4.69) is 8.62 Å². The van der Waals surface area contributed by atoms with Crippen molar-refractivity contribution in [3.05, 3.63) is 82.9 Å². The van der Waals surface area contributed by atoms with Crippen LogP contribution in [0.2, 0.25) is 0 Å². The Labute approximate surface area is 215 Å². The van der Waals surface area contributed by atoms with Crippen molar-refractivity contribution in [2.24, 2.45) is 0 Å². The number of carbonyl (C=O) groups is 1. The number of hydrogen-bond acceptors (Lipinski definition) is 10. The van der Waals surface area contributed by atoms with Crippen molar-refractivity contribution in [3.63, 3.8) is 0 Å². The van der Waals surface area contributed by atoms with E-state index in [-0.39, 0.29) is 11.5 Å². The fourth-order valence-corrected chi connectivity index (χ4v) is 6.84. The van der Waals surface area contributed by atoms with Gasteiger partial charge >= 0.3 is 29.9 Å². The maximum atomic E-state index is 12.9. The highest BCUT2D eigenvalue weighted by atomic mass is 31.3. The summed E-state index contributed by atoms with van der Waals surface area (Å²) in [5.41, 5.74) is 0.482. The van der Waals surface area contributed by atoms with Gasteiger partial charge in [0.25, 0.3) is 0 Å². The van der Waals surface area contributed by atoms with Crippen LogP contribution in [0.3, 0.4) is 0 Å². The van der Waals surface area contributed by atoms with Crippen molar-refractivity contribution in [2.75, 3.05) is 6.61 Å². The van der Waals surface area contributed by atoms with Gasteiger partial charge in [-0.15, -0.1) is 0 Å². The van der Waals surface area contributed by atoms with Crippen molar-refractivity contribution in [3.8, 4) is 23.0 Å². The third-order valence-corrected chi connectivity index (χ3v) is 8.92. The first kappa shape index (κ1) is 26.5. The maximum Gasteiger partial charge on any atom is 0.761 e. The van der Waals surface area contributed by atoms with Gasteiger partial charge in [0.15, 0.2) is 11.4 Å². The molecular formula is C22H18O13P3+. The van der Waals surface area contributed by atoms with E-state index in [9.17, 15) is 23.4 Å². The number of rotatable bonds is 8. The van der Waals surface area contributed by atoms with Crippen molar-refractivity contribution in [1.82, 2.24) is 0 Å². The number of carbonyl (C=O) groups excluding carboxylic acids is 1. The molecule has 2 heterocycles. The summed E-state index contributed by atoms with van der Waals surface area (Å²) in [7, 11) is -14.3. The molecule has 0 amide bonds. The fourth-order valence-electron chi connectivity index (χ4n) is 4.29. The Morgan fingerprint density at radius 3 is 2.21 bits per heavy atom. The second kappa shape index (κ2) is 9.57. The molecule has 5 rings (SSSR count). The lowest BCUT2D eigenvalue weighted by atomic mass is 9.77. The van der Waals surface area contributed by atoms with Gasteiger partial charge in [-0.05, 0) is 37.3 Å². The Hall–Kier alpha value is -3.11. The largest absolute Gasteiger partial charge is 0.761 e. The summed E-state index contributed by atoms with van der Waals surface area (Å²) in [5, 5.41) is 0. The van der Waals surface area contributed by atoms with E-state index in [1.54, 1.807) is 42.5 Å². The van der Waals surface area contributed by atoms with Crippen LogP contribution in [0.5, 0.6) is 23.0 Å². The first-order valence-electron chi connectivity index (χ1n) is 10.8. The number of phosphoric acid groups is 2. The maximum absolute atomic E-state index is 12.9. The zero-order chi connectivity index (χ0) is 27.3. The van der Waals surface area contributed by atoms with Crippen LogP contribution in [0.4, 0.5) is 0 Å². The first-order chi connectivity index (χ1) is 17.9. The smallest absolute Gasteiger partial charge is 0.494 e. The molecule has 3 N–H and O–H groups in total. The molecule has 0 aromatic heterocycles. The summed E-state index contributed by atoms with van der Waals surface area (Å²) in [6.07, 6.45) is 0. The van der Waals surface area contributed by atoms with E-state index in [0.717, 1.165) is 0 Å². The number of esters is 1. The van der Waals surface area contributed by atoms with Crippen molar-refractivity contribution < 1.29 is 60.5 Å². The van der Waals surface area contributed by atoms with E-state index < -0.39 is 35.5 Å². The minimum atomic E-state index is -5.43. The molecule has 0 aliphatic carbocycles.